The van der Waals surface area contributed by atoms with Crippen molar-refractivity contribution in [3.8, 4) is 0 Å². The minimum absolute atomic E-state index is 0.183. The minimum Gasteiger partial charge on any atom is -0.372 e. The summed E-state index contributed by atoms with van der Waals surface area (Å²) in [6.45, 7) is 11.1. The summed E-state index contributed by atoms with van der Waals surface area (Å²) in [6.07, 6.45) is 2.00. The fraction of sp³-hybridized carbons (Fsp3) is 0.450. The lowest BCUT2D eigenvalue weighted by molar-refractivity contribution is 0.0947. The second-order valence-electron chi connectivity index (χ2n) is 6.21. The van der Waals surface area contributed by atoms with E-state index in [1.807, 2.05) is 0 Å². The first-order valence-electron chi connectivity index (χ1n) is 9.33. The highest BCUT2D eigenvalue weighted by atomic mass is 16.1. The number of hydrogen-bond acceptors (Lipinski definition) is 5. The van der Waals surface area contributed by atoms with Crippen molar-refractivity contribution in [2.24, 2.45) is 0 Å². The van der Waals surface area contributed by atoms with Crippen LogP contribution in [0.3, 0.4) is 0 Å². The summed E-state index contributed by atoms with van der Waals surface area (Å²) in [5, 5.41) is 14.3. The van der Waals surface area contributed by atoms with Gasteiger partial charge < -0.3 is 15.5 Å². The summed E-state index contributed by atoms with van der Waals surface area (Å²) >= 11 is 0. The maximum absolute atomic E-state index is 12.0. The molecule has 0 fully saturated rings. The molecule has 2 N–H and O–H groups in total. The summed E-state index contributed by atoms with van der Waals surface area (Å²) in [6, 6.07) is 9.79. The number of nitrogens with one attached hydrogen (secondary N) is 2. The third-order valence-corrected chi connectivity index (χ3v) is 4.31. The molecule has 140 valence electrons. The molecule has 6 nitrogen and oxygen atoms in total. The van der Waals surface area contributed by atoms with Gasteiger partial charge in [-0.2, -0.15) is 0 Å². The molecule has 0 aliphatic heterocycles. The molecule has 1 aromatic heterocycles. The van der Waals surface area contributed by atoms with Gasteiger partial charge in [-0.25, -0.2) is 0 Å². The van der Waals surface area contributed by atoms with Crippen LogP contribution in [0.25, 0.3) is 0 Å². The molecule has 2 aromatic rings. The molecule has 1 amide bonds. The van der Waals surface area contributed by atoms with Crippen LogP contribution in [0.2, 0.25) is 0 Å². The van der Waals surface area contributed by atoms with Gasteiger partial charge >= 0.3 is 0 Å². The molecule has 0 bridgehead atoms. The Kier molecular flexibility index (Phi) is 7.38. The van der Waals surface area contributed by atoms with Crippen LogP contribution in [0.5, 0.6) is 0 Å². The van der Waals surface area contributed by atoms with Crippen LogP contribution < -0.4 is 15.5 Å². The lowest BCUT2D eigenvalue weighted by Crippen LogP contribution is -2.25. The quantitative estimate of drug-likeness (QED) is 0.668. The average Bonchev–Trinajstić information content (AvgIpc) is 2.65. The summed E-state index contributed by atoms with van der Waals surface area (Å²) in [5.41, 5.74) is 3.66. The van der Waals surface area contributed by atoms with Gasteiger partial charge in [-0.1, -0.05) is 13.3 Å². The number of anilines is 3. The fourth-order valence-corrected chi connectivity index (χ4v) is 2.70. The zero-order valence-corrected chi connectivity index (χ0v) is 16.2. The number of nitrogens with zero attached hydrogens (tertiary/aromatic N) is 3. The van der Waals surface area contributed by atoms with Gasteiger partial charge in [0.25, 0.3) is 5.91 Å². The second-order valence-corrected chi connectivity index (χ2v) is 6.21. The predicted molar refractivity (Wildman–Crippen MR) is 107 cm³/mol. The Morgan fingerprint density at radius 3 is 2.42 bits per heavy atom. The first-order chi connectivity index (χ1) is 12.6. The number of benzene rings is 1. The monoisotopic (exact) mass is 355 g/mol. The molecule has 2 rings (SSSR count). The van der Waals surface area contributed by atoms with Crippen molar-refractivity contribution in [3.63, 3.8) is 0 Å². The van der Waals surface area contributed by atoms with Crippen molar-refractivity contribution < 1.29 is 4.79 Å². The average molecular weight is 355 g/mol. The Bertz CT molecular complexity index is 711. The molecule has 1 aromatic carbocycles. The summed E-state index contributed by atoms with van der Waals surface area (Å²) < 4.78 is 0. The Hall–Kier alpha value is -2.63. The molecule has 0 aliphatic carbocycles. The van der Waals surface area contributed by atoms with Crippen LogP contribution in [0.4, 0.5) is 17.2 Å². The van der Waals surface area contributed by atoms with Crippen LogP contribution in [0.15, 0.2) is 30.3 Å². The summed E-state index contributed by atoms with van der Waals surface area (Å²) in [5.74, 6) is 0.436. The van der Waals surface area contributed by atoms with E-state index in [0.717, 1.165) is 37.2 Å². The number of hydrogen-bond donors (Lipinski definition) is 2. The van der Waals surface area contributed by atoms with Crippen molar-refractivity contribution >= 4 is 23.1 Å². The van der Waals surface area contributed by atoms with Crippen LogP contribution in [0, 0.1) is 6.92 Å². The van der Waals surface area contributed by atoms with E-state index >= 15 is 0 Å². The van der Waals surface area contributed by atoms with E-state index < -0.39 is 0 Å². The molecular formula is C20H29N5O. The zero-order valence-electron chi connectivity index (χ0n) is 16.2. The number of carbonyl (C=O) groups is 1. The number of aryl methyl sites for hydroxylation is 1. The highest BCUT2D eigenvalue weighted by molar-refractivity contribution is 5.92. The minimum atomic E-state index is -0.183. The molecule has 6 heteroatoms. The van der Waals surface area contributed by atoms with Crippen molar-refractivity contribution in [1.82, 2.24) is 15.5 Å². The molecule has 0 saturated carbocycles. The molecule has 0 unspecified atom stereocenters. The van der Waals surface area contributed by atoms with E-state index in [1.165, 1.54) is 5.69 Å². The molecular weight excluding hydrogens is 326 g/mol. The Morgan fingerprint density at radius 2 is 1.85 bits per heavy atom. The fourth-order valence-electron chi connectivity index (χ4n) is 2.70. The van der Waals surface area contributed by atoms with Crippen molar-refractivity contribution in [2.75, 3.05) is 29.9 Å². The molecule has 26 heavy (non-hydrogen) atoms. The second kappa shape index (κ2) is 9.75. The highest BCUT2D eigenvalue weighted by Crippen LogP contribution is 2.24. The van der Waals surface area contributed by atoms with Crippen molar-refractivity contribution in [2.45, 2.75) is 40.5 Å². The Morgan fingerprint density at radius 1 is 1.08 bits per heavy atom. The van der Waals surface area contributed by atoms with Gasteiger partial charge in [-0.3, -0.25) is 4.79 Å². The third-order valence-electron chi connectivity index (χ3n) is 4.31. The van der Waals surface area contributed by atoms with Crippen LogP contribution in [0.1, 0.15) is 49.7 Å². The number of aromatic nitrogens is 2. The topological polar surface area (TPSA) is 70.2 Å². The number of unbranched alkanes of at least 4 members (excludes halogenated alkanes) is 1. The maximum Gasteiger partial charge on any atom is 0.271 e. The Labute approximate surface area is 156 Å². The first kappa shape index (κ1) is 19.7. The van der Waals surface area contributed by atoms with Gasteiger partial charge in [-0.15, -0.1) is 10.2 Å². The number of rotatable bonds is 9. The van der Waals surface area contributed by atoms with E-state index in [0.29, 0.717) is 18.1 Å². The predicted octanol–water partition coefficient (Wildman–Crippen LogP) is 3.90. The van der Waals surface area contributed by atoms with E-state index in [-0.39, 0.29) is 5.91 Å². The van der Waals surface area contributed by atoms with E-state index in [1.54, 1.807) is 12.1 Å². The smallest absolute Gasteiger partial charge is 0.271 e. The Balaban J connectivity index is 2.03. The van der Waals surface area contributed by atoms with Crippen LogP contribution >= 0.6 is 0 Å². The van der Waals surface area contributed by atoms with Crippen LogP contribution in [-0.2, 0) is 0 Å². The largest absolute Gasteiger partial charge is 0.372 e. The number of amides is 1. The van der Waals surface area contributed by atoms with Crippen LogP contribution in [-0.4, -0.2) is 35.7 Å². The normalized spacial score (nSPS) is 10.5. The molecule has 0 saturated heterocycles. The van der Waals surface area contributed by atoms with E-state index in [9.17, 15) is 4.79 Å². The van der Waals surface area contributed by atoms with Gasteiger partial charge in [0, 0.05) is 31.0 Å². The SMILES string of the molecule is CCCCNC(=O)c1ccc(Nc2ccc(N(CC)CC)cc2C)nn1. The van der Waals surface area contributed by atoms with E-state index in [2.05, 4.69) is 71.6 Å². The lowest BCUT2D eigenvalue weighted by atomic mass is 10.1. The van der Waals surface area contributed by atoms with Gasteiger partial charge in [0.05, 0.1) is 0 Å². The van der Waals surface area contributed by atoms with Gasteiger partial charge in [0.1, 0.15) is 0 Å². The molecule has 0 radical (unpaired) electrons. The molecule has 0 atom stereocenters. The summed E-state index contributed by atoms with van der Waals surface area (Å²) in [7, 11) is 0. The maximum atomic E-state index is 12.0. The standard InChI is InChI=1S/C20H29N5O/c1-5-8-13-21-20(26)18-11-12-19(24-23-18)22-17-10-9-16(14-15(17)4)25(6-2)7-3/h9-12,14H,5-8,13H2,1-4H3,(H,21,26)(H,22,24). The molecule has 1 heterocycles. The molecule has 0 spiro atoms. The lowest BCUT2D eigenvalue weighted by Gasteiger charge is -2.22. The number of carbonyl (C=O) groups excluding carboxylic acids is 1. The zero-order chi connectivity index (χ0) is 18.9. The highest BCUT2D eigenvalue weighted by Gasteiger charge is 2.09. The summed E-state index contributed by atoms with van der Waals surface area (Å²) in [4.78, 5) is 14.3. The first-order valence-corrected chi connectivity index (χ1v) is 9.33. The van der Waals surface area contributed by atoms with Gasteiger partial charge in [0.2, 0.25) is 0 Å². The third kappa shape index (κ3) is 5.18. The van der Waals surface area contributed by atoms with Crippen molar-refractivity contribution in [1.29, 1.82) is 0 Å². The van der Waals surface area contributed by atoms with E-state index in [4.69, 9.17) is 0 Å². The van der Waals surface area contributed by atoms with Crippen molar-refractivity contribution in [3.05, 3.63) is 41.6 Å². The van der Waals surface area contributed by atoms with Gasteiger partial charge in [0.15, 0.2) is 11.5 Å². The molecule has 0 aliphatic rings. The van der Waals surface area contributed by atoms with Gasteiger partial charge in [-0.05, 0) is 63.1 Å².